The molecule has 0 spiro atoms. The van der Waals surface area contributed by atoms with Crippen molar-refractivity contribution >= 4 is 46.1 Å². The van der Waals surface area contributed by atoms with Gasteiger partial charge >= 0.3 is 0 Å². The molecule has 1 aromatic carbocycles. The average Bonchev–Trinajstić information content (AvgIpc) is 2.85. The van der Waals surface area contributed by atoms with Crippen molar-refractivity contribution in [2.75, 3.05) is 0 Å². The van der Waals surface area contributed by atoms with Gasteiger partial charge in [0, 0.05) is 23.0 Å². The van der Waals surface area contributed by atoms with Gasteiger partial charge in [0.25, 0.3) is 0 Å². The zero-order valence-corrected chi connectivity index (χ0v) is 11.6. The van der Waals surface area contributed by atoms with Gasteiger partial charge < -0.3 is 0 Å². The number of thioether (sulfide) groups is 1. The van der Waals surface area contributed by atoms with Crippen LogP contribution in [0.25, 0.3) is 11.0 Å². The third kappa shape index (κ3) is 2.48. The van der Waals surface area contributed by atoms with Gasteiger partial charge in [-0.1, -0.05) is 17.7 Å². The molecule has 90 valence electrons. The molecule has 6 heteroatoms. The fraction of sp³-hybridized carbons (Fsp3) is 0.0833. The second kappa shape index (κ2) is 5.22. The van der Waals surface area contributed by atoms with Gasteiger partial charge in [-0.25, -0.2) is 0 Å². The molecule has 0 aliphatic heterocycles. The van der Waals surface area contributed by atoms with Gasteiger partial charge in [0.2, 0.25) is 0 Å². The van der Waals surface area contributed by atoms with Crippen molar-refractivity contribution in [3.8, 4) is 0 Å². The molecule has 3 rings (SSSR count). The van der Waals surface area contributed by atoms with E-state index in [0.29, 0.717) is 5.02 Å². The van der Waals surface area contributed by atoms with Crippen molar-refractivity contribution < 1.29 is 0 Å². The van der Waals surface area contributed by atoms with Crippen LogP contribution in [0, 0.1) is 0 Å². The fourth-order valence-corrected chi connectivity index (χ4v) is 3.21. The number of benzene rings is 1. The number of hydrogen-bond acceptors (Lipinski definition) is 5. The quantitative estimate of drug-likeness (QED) is 0.683. The number of hydrogen-bond donors (Lipinski definition) is 0. The van der Waals surface area contributed by atoms with E-state index in [9.17, 15) is 0 Å². The second-order valence-electron chi connectivity index (χ2n) is 3.68. The second-order valence-corrected chi connectivity index (χ2v) is 5.63. The lowest BCUT2D eigenvalue weighted by molar-refractivity contribution is 1.26. The lowest BCUT2D eigenvalue weighted by Crippen LogP contribution is -1.82. The van der Waals surface area contributed by atoms with Crippen LogP contribution in [0.3, 0.4) is 0 Å². The number of halogens is 1. The Morgan fingerprint density at radius 1 is 1.17 bits per heavy atom. The molecule has 0 saturated heterocycles. The van der Waals surface area contributed by atoms with E-state index in [0.717, 1.165) is 21.7 Å². The van der Waals surface area contributed by atoms with E-state index in [2.05, 4.69) is 25.9 Å². The molecule has 0 amide bonds. The maximum Gasteiger partial charge on any atom is 0.105 e. The van der Waals surface area contributed by atoms with Gasteiger partial charge in [-0.3, -0.25) is 4.98 Å². The molecular formula is C12H8ClN3S2. The van der Waals surface area contributed by atoms with E-state index >= 15 is 0 Å². The summed E-state index contributed by atoms with van der Waals surface area (Å²) >= 11 is 9.00. The van der Waals surface area contributed by atoms with E-state index in [1.54, 1.807) is 24.2 Å². The third-order valence-corrected chi connectivity index (χ3v) is 4.56. The molecule has 0 radical (unpaired) electrons. The van der Waals surface area contributed by atoms with Crippen LogP contribution in [-0.4, -0.2) is 13.7 Å². The first-order chi connectivity index (χ1) is 8.83. The van der Waals surface area contributed by atoms with Crippen LogP contribution >= 0.6 is 35.1 Å². The van der Waals surface area contributed by atoms with Crippen LogP contribution in [0.5, 0.6) is 0 Å². The maximum absolute atomic E-state index is 6.06. The van der Waals surface area contributed by atoms with Gasteiger partial charge in [0.15, 0.2) is 0 Å². The van der Waals surface area contributed by atoms with Gasteiger partial charge in [-0.2, -0.15) is 8.75 Å². The highest BCUT2D eigenvalue weighted by Crippen LogP contribution is 2.29. The molecular weight excluding hydrogens is 286 g/mol. The van der Waals surface area contributed by atoms with Crippen molar-refractivity contribution in [2.24, 2.45) is 0 Å². The van der Waals surface area contributed by atoms with Crippen LogP contribution in [0.2, 0.25) is 5.02 Å². The van der Waals surface area contributed by atoms with Crippen LogP contribution < -0.4 is 0 Å². The first-order valence-corrected chi connectivity index (χ1v) is 7.36. The standard InChI is InChI=1S/C12H8ClN3S2/c13-9-6-14-4-3-12(9)17-7-8-1-2-10-11(5-8)16-18-15-10/h1-6H,7H2. The minimum Gasteiger partial charge on any atom is -0.263 e. The molecule has 2 aromatic heterocycles. The minimum absolute atomic E-state index is 0.693. The first-order valence-electron chi connectivity index (χ1n) is 5.26. The highest BCUT2D eigenvalue weighted by Gasteiger charge is 2.03. The highest BCUT2D eigenvalue weighted by molar-refractivity contribution is 7.98. The van der Waals surface area contributed by atoms with Crippen molar-refractivity contribution in [2.45, 2.75) is 10.6 Å². The molecule has 0 atom stereocenters. The monoisotopic (exact) mass is 293 g/mol. The van der Waals surface area contributed by atoms with Crippen molar-refractivity contribution in [1.29, 1.82) is 0 Å². The molecule has 0 unspecified atom stereocenters. The number of aromatic nitrogens is 3. The topological polar surface area (TPSA) is 38.7 Å². The van der Waals surface area contributed by atoms with Crippen LogP contribution in [0.1, 0.15) is 5.56 Å². The number of fused-ring (bicyclic) bond motifs is 1. The number of nitrogens with zero attached hydrogens (tertiary/aromatic N) is 3. The zero-order valence-electron chi connectivity index (χ0n) is 9.21. The fourth-order valence-electron chi connectivity index (χ4n) is 1.56. The Morgan fingerprint density at radius 3 is 2.94 bits per heavy atom. The normalized spacial score (nSPS) is 10.9. The summed E-state index contributed by atoms with van der Waals surface area (Å²) in [5, 5.41) is 0.693. The highest BCUT2D eigenvalue weighted by atomic mass is 35.5. The van der Waals surface area contributed by atoms with Crippen LogP contribution in [0.4, 0.5) is 0 Å². The summed E-state index contributed by atoms with van der Waals surface area (Å²) in [5.41, 5.74) is 3.13. The summed E-state index contributed by atoms with van der Waals surface area (Å²) in [7, 11) is 0. The molecule has 0 aliphatic rings. The van der Waals surface area contributed by atoms with Gasteiger partial charge in [0.1, 0.15) is 11.0 Å². The molecule has 0 saturated carbocycles. The Kier molecular flexibility index (Phi) is 3.45. The summed E-state index contributed by atoms with van der Waals surface area (Å²) < 4.78 is 8.42. The minimum atomic E-state index is 0.693. The smallest absolute Gasteiger partial charge is 0.105 e. The van der Waals surface area contributed by atoms with E-state index in [1.165, 1.54) is 17.3 Å². The molecule has 18 heavy (non-hydrogen) atoms. The third-order valence-electron chi connectivity index (χ3n) is 2.45. The summed E-state index contributed by atoms with van der Waals surface area (Å²) in [5.74, 6) is 0.858. The Morgan fingerprint density at radius 2 is 2.06 bits per heavy atom. The molecule has 2 heterocycles. The zero-order chi connectivity index (χ0) is 12.4. The van der Waals surface area contributed by atoms with Gasteiger partial charge in [-0.05, 0) is 23.8 Å². The first kappa shape index (κ1) is 11.9. The lowest BCUT2D eigenvalue weighted by Gasteiger charge is -2.03. The summed E-state index contributed by atoms with van der Waals surface area (Å²) in [6, 6.07) is 8.07. The van der Waals surface area contributed by atoms with Gasteiger partial charge in [0.05, 0.1) is 16.8 Å². The van der Waals surface area contributed by atoms with Crippen LogP contribution in [0.15, 0.2) is 41.6 Å². The predicted octanol–water partition coefficient (Wildman–Crippen LogP) is 4.03. The summed E-state index contributed by atoms with van der Waals surface area (Å²) in [6.07, 6.45) is 3.42. The number of rotatable bonds is 3. The maximum atomic E-state index is 6.06. The Hall–Kier alpha value is -1.17. The summed E-state index contributed by atoms with van der Waals surface area (Å²) in [6.45, 7) is 0. The van der Waals surface area contributed by atoms with E-state index in [1.807, 2.05) is 12.1 Å². The SMILES string of the molecule is Clc1cnccc1SCc1ccc2nsnc2c1. The molecule has 0 aliphatic carbocycles. The van der Waals surface area contributed by atoms with E-state index in [-0.39, 0.29) is 0 Å². The van der Waals surface area contributed by atoms with E-state index in [4.69, 9.17) is 11.6 Å². The molecule has 0 fully saturated rings. The Labute approximate surface area is 118 Å². The predicted molar refractivity (Wildman–Crippen MR) is 76.2 cm³/mol. The van der Waals surface area contributed by atoms with Crippen molar-refractivity contribution in [1.82, 2.24) is 13.7 Å². The molecule has 0 N–H and O–H groups in total. The van der Waals surface area contributed by atoms with Crippen molar-refractivity contribution in [3.05, 3.63) is 47.2 Å². The molecule has 3 aromatic rings. The van der Waals surface area contributed by atoms with Crippen molar-refractivity contribution in [3.63, 3.8) is 0 Å². The Balaban J connectivity index is 1.78. The largest absolute Gasteiger partial charge is 0.263 e. The summed E-state index contributed by atoms with van der Waals surface area (Å²) in [4.78, 5) is 5.02. The van der Waals surface area contributed by atoms with E-state index < -0.39 is 0 Å². The molecule has 3 nitrogen and oxygen atoms in total. The average molecular weight is 294 g/mol. The van der Waals surface area contributed by atoms with Crippen LogP contribution in [-0.2, 0) is 5.75 Å². The number of pyridine rings is 1. The molecule has 0 bridgehead atoms. The Bertz CT molecular complexity index is 684. The lowest BCUT2D eigenvalue weighted by atomic mass is 10.2. The van der Waals surface area contributed by atoms with Gasteiger partial charge in [-0.15, -0.1) is 11.8 Å².